The molecule has 1 aliphatic carbocycles. The van der Waals surface area contributed by atoms with E-state index >= 15 is 0 Å². The van der Waals surface area contributed by atoms with Crippen molar-refractivity contribution in [2.75, 3.05) is 6.79 Å². The lowest BCUT2D eigenvalue weighted by Gasteiger charge is -2.32. The maximum absolute atomic E-state index is 13.2. The predicted molar refractivity (Wildman–Crippen MR) is 95.9 cm³/mol. The SMILES string of the molecule is CC1(C)C(=O)C(c2c(Cl)ccc(Cl)c2OCO)=C(O)c2cccnc21. The molecule has 5 nitrogen and oxygen atoms in total. The molecular weight excluding hydrogens is 365 g/mol. The van der Waals surface area contributed by atoms with Gasteiger partial charge < -0.3 is 14.9 Å². The summed E-state index contributed by atoms with van der Waals surface area (Å²) in [5.74, 6) is -0.586. The number of rotatable bonds is 3. The Morgan fingerprint density at radius 3 is 2.56 bits per heavy atom. The van der Waals surface area contributed by atoms with Gasteiger partial charge in [-0.25, -0.2) is 0 Å². The number of hydrogen-bond donors (Lipinski definition) is 2. The van der Waals surface area contributed by atoms with E-state index in [1.807, 2.05) is 0 Å². The van der Waals surface area contributed by atoms with E-state index in [2.05, 4.69) is 4.98 Å². The maximum Gasteiger partial charge on any atom is 0.186 e. The van der Waals surface area contributed by atoms with Crippen molar-refractivity contribution < 1.29 is 19.7 Å². The first-order valence-corrected chi connectivity index (χ1v) is 8.22. The zero-order valence-corrected chi connectivity index (χ0v) is 15.0. The van der Waals surface area contributed by atoms with Crippen LogP contribution in [0.3, 0.4) is 0 Å². The Morgan fingerprint density at radius 1 is 1.20 bits per heavy atom. The third-order valence-electron chi connectivity index (χ3n) is 4.20. The Bertz CT molecular complexity index is 906. The van der Waals surface area contributed by atoms with Gasteiger partial charge >= 0.3 is 0 Å². The first-order valence-electron chi connectivity index (χ1n) is 7.46. The average Bonchev–Trinajstić information content (AvgIpc) is 2.59. The van der Waals surface area contributed by atoms with Crippen LogP contribution >= 0.6 is 23.2 Å². The van der Waals surface area contributed by atoms with Crippen molar-refractivity contribution in [1.29, 1.82) is 0 Å². The number of pyridine rings is 1. The number of aliphatic hydroxyl groups is 2. The number of Topliss-reactive ketones (excluding diaryl/α,β-unsaturated/α-hetero) is 1. The molecule has 130 valence electrons. The lowest BCUT2D eigenvalue weighted by Crippen LogP contribution is -2.36. The fourth-order valence-corrected chi connectivity index (χ4v) is 3.42. The minimum atomic E-state index is -0.986. The van der Waals surface area contributed by atoms with Crippen molar-refractivity contribution in [3.05, 3.63) is 57.3 Å². The van der Waals surface area contributed by atoms with E-state index in [0.717, 1.165) is 0 Å². The monoisotopic (exact) mass is 379 g/mol. The van der Waals surface area contributed by atoms with Crippen molar-refractivity contribution in [2.45, 2.75) is 19.3 Å². The summed E-state index contributed by atoms with van der Waals surface area (Å²) < 4.78 is 5.18. The van der Waals surface area contributed by atoms with Crippen molar-refractivity contribution in [3.63, 3.8) is 0 Å². The molecule has 1 aliphatic rings. The van der Waals surface area contributed by atoms with Crippen LogP contribution in [0.2, 0.25) is 10.0 Å². The molecule has 1 heterocycles. The van der Waals surface area contributed by atoms with Crippen LogP contribution in [0.25, 0.3) is 11.3 Å². The number of aromatic nitrogens is 1. The van der Waals surface area contributed by atoms with Crippen LogP contribution in [0.1, 0.15) is 30.7 Å². The Labute approximate surface area is 154 Å². The molecule has 0 radical (unpaired) electrons. The Kier molecular flexibility index (Phi) is 4.49. The van der Waals surface area contributed by atoms with Crippen LogP contribution in [0.4, 0.5) is 0 Å². The first-order chi connectivity index (χ1) is 11.8. The Hall–Kier alpha value is -2.08. The number of halogens is 2. The largest absolute Gasteiger partial charge is 0.506 e. The molecule has 0 spiro atoms. The minimum Gasteiger partial charge on any atom is -0.506 e. The van der Waals surface area contributed by atoms with E-state index < -0.39 is 12.2 Å². The molecule has 0 fully saturated rings. The van der Waals surface area contributed by atoms with Gasteiger partial charge in [0.2, 0.25) is 0 Å². The number of carbonyl (C=O) groups excluding carboxylic acids is 1. The number of hydrogen-bond acceptors (Lipinski definition) is 5. The molecule has 2 N–H and O–H groups in total. The van der Waals surface area contributed by atoms with Gasteiger partial charge in [-0.2, -0.15) is 0 Å². The van der Waals surface area contributed by atoms with Gasteiger partial charge in [0.05, 0.1) is 32.3 Å². The molecule has 1 aromatic heterocycles. The van der Waals surface area contributed by atoms with Gasteiger partial charge in [-0.1, -0.05) is 23.2 Å². The van der Waals surface area contributed by atoms with Crippen molar-refractivity contribution in [3.8, 4) is 5.75 Å². The summed E-state index contributed by atoms with van der Waals surface area (Å²) in [6, 6.07) is 6.34. The second kappa shape index (κ2) is 6.33. The second-order valence-electron chi connectivity index (χ2n) is 6.08. The summed E-state index contributed by atoms with van der Waals surface area (Å²) in [5.41, 5.74) is 0.0622. The number of nitrogens with zero attached hydrogens (tertiary/aromatic N) is 1. The summed E-state index contributed by atoms with van der Waals surface area (Å²) >= 11 is 12.4. The van der Waals surface area contributed by atoms with Gasteiger partial charge in [-0.15, -0.1) is 0 Å². The number of ketones is 1. The van der Waals surface area contributed by atoms with E-state index in [0.29, 0.717) is 11.3 Å². The number of aliphatic hydroxyl groups excluding tert-OH is 2. The third kappa shape index (κ3) is 2.68. The van der Waals surface area contributed by atoms with Gasteiger partial charge in [-0.05, 0) is 38.1 Å². The molecular formula is C18H15Cl2NO4. The highest BCUT2D eigenvalue weighted by Crippen LogP contribution is 2.47. The van der Waals surface area contributed by atoms with E-state index in [1.54, 1.807) is 32.2 Å². The highest BCUT2D eigenvalue weighted by molar-refractivity contribution is 6.41. The zero-order valence-electron chi connectivity index (χ0n) is 13.5. The molecule has 25 heavy (non-hydrogen) atoms. The smallest absolute Gasteiger partial charge is 0.186 e. The van der Waals surface area contributed by atoms with Gasteiger partial charge in [-0.3, -0.25) is 9.78 Å². The first kappa shape index (κ1) is 17.7. The fraction of sp³-hybridized carbons (Fsp3) is 0.222. The normalized spacial score (nSPS) is 16.0. The molecule has 0 bridgehead atoms. The summed E-state index contributed by atoms with van der Waals surface area (Å²) in [6.07, 6.45) is 1.57. The molecule has 0 amide bonds. The summed E-state index contributed by atoms with van der Waals surface area (Å²) in [5, 5.41) is 20.3. The van der Waals surface area contributed by atoms with E-state index in [4.69, 9.17) is 33.0 Å². The molecule has 0 atom stereocenters. The molecule has 0 saturated carbocycles. The fourth-order valence-electron chi connectivity index (χ4n) is 2.96. The van der Waals surface area contributed by atoms with Gasteiger partial charge in [0, 0.05) is 11.8 Å². The predicted octanol–water partition coefficient (Wildman–Crippen LogP) is 4.00. The van der Waals surface area contributed by atoms with E-state index in [-0.39, 0.29) is 38.5 Å². The van der Waals surface area contributed by atoms with Gasteiger partial charge in [0.1, 0.15) is 5.76 Å². The van der Waals surface area contributed by atoms with Crippen LogP contribution in [0.15, 0.2) is 30.5 Å². The molecule has 0 unspecified atom stereocenters. The molecule has 3 rings (SSSR count). The Balaban J connectivity index is 2.39. The highest BCUT2D eigenvalue weighted by Gasteiger charge is 2.43. The van der Waals surface area contributed by atoms with Crippen LogP contribution in [0, 0.1) is 0 Å². The number of ether oxygens (including phenoxy) is 1. The highest BCUT2D eigenvalue weighted by atomic mass is 35.5. The number of allylic oxidation sites excluding steroid dienone is 1. The topological polar surface area (TPSA) is 79.7 Å². The summed E-state index contributed by atoms with van der Waals surface area (Å²) in [4.78, 5) is 17.4. The lowest BCUT2D eigenvalue weighted by molar-refractivity contribution is -0.118. The minimum absolute atomic E-state index is 0.0125. The van der Waals surface area contributed by atoms with E-state index in [9.17, 15) is 9.90 Å². The quantitative estimate of drug-likeness (QED) is 0.787. The molecule has 0 aliphatic heterocycles. The zero-order chi connectivity index (χ0) is 18.4. The van der Waals surface area contributed by atoms with Gasteiger partial charge in [0.15, 0.2) is 18.3 Å². The van der Waals surface area contributed by atoms with E-state index in [1.165, 1.54) is 12.1 Å². The van der Waals surface area contributed by atoms with Gasteiger partial charge in [0.25, 0.3) is 0 Å². The van der Waals surface area contributed by atoms with Crippen LogP contribution in [-0.2, 0) is 10.2 Å². The molecule has 7 heteroatoms. The average molecular weight is 380 g/mol. The van der Waals surface area contributed by atoms with Crippen molar-refractivity contribution >= 4 is 40.3 Å². The van der Waals surface area contributed by atoms with Crippen LogP contribution in [0.5, 0.6) is 5.75 Å². The molecule has 0 saturated heterocycles. The van der Waals surface area contributed by atoms with Crippen molar-refractivity contribution in [2.24, 2.45) is 0 Å². The standard InChI is InChI=1S/C18H15Cl2NO4/c1-18(2)16-9(4-3-7-21-16)14(23)13(17(18)24)12-10(19)5-6-11(20)15(12)25-8-22/h3-7,22-23H,8H2,1-2H3. The van der Waals surface area contributed by atoms with Crippen LogP contribution < -0.4 is 4.74 Å². The third-order valence-corrected chi connectivity index (χ3v) is 4.82. The summed E-state index contributed by atoms with van der Waals surface area (Å²) in [6.45, 7) is 2.79. The Morgan fingerprint density at radius 2 is 1.88 bits per heavy atom. The molecule has 1 aromatic carbocycles. The lowest BCUT2D eigenvalue weighted by atomic mass is 9.72. The maximum atomic E-state index is 13.2. The second-order valence-corrected chi connectivity index (χ2v) is 6.90. The molecule has 2 aromatic rings. The summed E-state index contributed by atoms with van der Waals surface area (Å²) in [7, 11) is 0. The number of carbonyl (C=O) groups is 1. The number of fused-ring (bicyclic) bond motifs is 1. The number of benzene rings is 1. The van der Waals surface area contributed by atoms with Crippen LogP contribution in [-0.4, -0.2) is 27.8 Å². The van der Waals surface area contributed by atoms with Crippen molar-refractivity contribution in [1.82, 2.24) is 4.98 Å².